The van der Waals surface area contributed by atoms with E-state index in [1.807, 2.05) is 0 Å². The summed E-state index contributed by atoms with van der Waals surface area (Å²) in [5.74, 6) is -0.208. The summed E-state index contributed by atoms with van der Waals surface area (Å²) in [6, 6.07) is 10.5. The molecular weight excluding hydrogens is 438 g/mol. The van der Waals surface area contributed by atoms with Crippen LogP contribution in [0.2, 0.25) is 0 Å². The number of nitrogens with zero attached hydrogens (tertiary/aromatic N) is 4. The lowest BCUT2D eigenvalue weighted by Crippen LogP contribution is -2.48. The van der Waals surface area contributed by atoms with Crippen molar-refractivity contribution in [3.63, 3.8) is 0 Å². The van der Waals surface area contributed by atoms with Gasteiger partial charge >= 0.3 is 0 Å². The van der Waals surface area contributed by atoms with Crippen LogP contribution in [-0.2, 0) is 4.79 Å². The van der Waals surface area contributed by atoms with Crippen LogP contribution >= 0.6 is 11.3 Å². The van der Waals surface area contributed by atoms with Crippen LogP contribution in [0.4, 0.5) is 10.8 Å². The van der Waals surface area contributed by atoms with Crippen LogP contribution < -0.4 is 10.2 Å². The second-order valence-corrected chi connectivity index (χ2v) is 9.16. The van der Waals surface area contributed by atoms with E-state index in [0.29, 0.717) is 12.1 Å². The zero-order valence-electron chi connectivity index (χ0n) is 18.8. The molecule has 0 atom stereocenters. The van der Waals surface area contributed by atoms with Crippen LogP contribution in [0.3, 0.4) is 0 Å². The molecule has 0 bridgehead atoms. The molecule has 1 N–H and O–H groups in total. The predicted molar refractivity (Wildman–Crippen MR) is 133 cm³/mol. The first-order valence-corrected chi connectivity index (χ1v) is 11.8. The minimum atomic E-state index is -0.448. The van der Waals surface area contributed by atoms with E-state index in [-0.39, 0.29) is 11.6 Å². The lowest BCUT2D eigenvalue weighted by Gasteiger charge is -2.34. The van der Waals surface area contributed by atoms with Crippen LogP contribution in [0.5, 0.6) is 0 Å². The van der Waals surface area contributed by atoms with Crippen molar-refractivity contribution in [2.45, 2.75) is 13.8 Å². The fourth-order valence-electron chi connectivity index (χ4n) is 3.82. The molecule has 4 rings (SSSR count). The molecule has 1 amide bonds. The van der Waals surface area contributed by atoms with E-state index in [4.69, 9.17) is 4.98 Å². The third-order valence-electron chi connectivity index (χ3n) is 5.95. The standard InChI is InChI=1S/C24H27N5O3S/c1-17-6-8-21-23(18(17)2)26-24(33-21)28-14-12-27(13-15-28)11-10-25-22(30)9-7-19-4-3-5-20(16-19)29(31)32/h3-9,16H,10-15H2,1-2H3,(H,25,30)/b9-7+. The number of nitrogens with one attached hydrogen (secondary N) is 1. The summed E-state index contributed by atoms with van der Waals surface area (Å²) in [7, 11) is 0. The summed E-state index contributed by atoms with van der Waals surface area (Å²) >= 11 is 1.75. The number of piperazine rings is 1. The molecule has 0 aliphatic carbocycles. The van der Waals surface area contributed by atoms with E-state index in [1.54, 1.807) is 29.5 Å². The molecule has 172 valence electrons. The Kier molecular flexibility index (Phi) is 7.00. The number of hydrogen-bond acceptors (Lipinski definition) is 7. The largest absolute Gasteiger partial charge is 0.351 e. The molecule has 0 radical (unpaired) electrons. The van der Waals surface area contributed by atoms with Gasteiger partial charge in [0.2, 0.25) is 5.91 Å². The zero-order chi connectivity index (χ0) is 23.4. The molecule has 0 unspecified atom stereocenters. The Labute approximate surface area is 196 Å². The van der Waals surface area contributed by atoms with E-state index in [2.05, 4.69) is 41.1 Å². The summed E-state index contributed by atoms with van der Waals surface area (Å²) in [5, 5.41) is 14.8. The Bertz CT molecular complexity index is 1200. The number of carbonyl (C=O) groups excluding carboxylic acids is 1. The van der Waals surface area contributed by atoms with Crippen molar-refractivity contribution in [1.29, 1.82) is 0 Å². The molecule has 1 aromatic heterocycles. The predicted octanol–water partition coefficient (Wildman–Crippen LogP) is 3.77. The van der Waals surface area contributed by atoms with Gasteiger partial charge in [-0.3, -0.25) is 19.8 Å². The summed E-state index contributed by atoms with van der Waals surface area (Å²) in [5.41, 5.74) is 4.26. The Hall–Kier alpha value is -3.30. The van der Waals surface area contributed by atoms with Crippen molar-refractivity contribution in [1.82, 2.24) is 15.2 Å². The number of hydrogen-bond donors (Lipinski definition) is 1. The maximum absolute atomic E-state index is 12.1. The maximum Gasteiger partial charge on any atom is 0.270 e. The smallest absolute Gasteiger partial charge is 0.270 e. The molecule has 1 aliphatic rings. The summed E-state index contributed by atoms with van der Waals surface area (Å²) in [4.78, 5) is 32.1. The van der Waals surface area contributed by atoms with Gasteiger partial charge in [0, 0.05) is 57.5 Å². The molecule has 0 saturated carbocycles. The Morgan fingerprint density at radius 1 is 1.21 bits per heavy atom. The van der Waals surface area contributed by atoms with Gasteiger partial charge in [0.15, 0.2) is 5.13 Å². The fraction of sp³-hybridized carbons (Fsp3) is 0.333. The lowest BCUT2D eigenvalue weighted by atomic mass is 10.1. The number of fused-ring (bicyclic) bond motifs is 1. The van der Waals surface area contributed by atoms with Gasteiger partial charge in [0.1, 0.15) is 0 Å². The van der Waals surface area contributed by atoms with Gasteiger partial charge in [-0.25, -0.2) is 4.98 Å². The Balaban J connectivity index is 1.22. The minimum absolute atomic E-state index is 0.00722. The van der Waals surface area contributed by atoms with Gasteiger partial charge in [0.05, 0.1) is 15.1 Å². The Morgan fingerprint density at radius 3 is 2.76 bits per heavy atom. The fourth-order valence-corrected chi connectivity index (χ4v) is 4.90. The molecule has 0 spiro atoms. The van der Waals surface area contributed by atoms with Crippen LogP contribution in [0.25, 0.3) is 16.3 Å². The van der Waals surface area contributed by atoms with E-state index < -0.39 is 4.92 Å². The molecule has 2 heterocycles. The van der Waals surface area contributed by atoms with Gasteiger partial charge < -0.3 is 10.2 Å². The minimum Gasteiger partial charge on any atom is -0.351 e. The molecule has 8 nitrogen and oxygen atoms in total. The van der Waals surface area contributed by atoms with Crippen molar-refractivity contribution >= 4 is 44.4 Å². The lowest BCUT2D eigenvalue weighted by molar-refractivity contribution is -0.384. The number of anilines is 1. The highest BCUT2D eigenvalue weighted by Gasteiger charge is 2.20. The van der Waals surface area contributed by atoms with Crippen molar-refractivity contribution in [2.75, 3.05) is 44.2 Å². The number of aromatic nitrogens is 1. The topological polar surface area (TPSA) is 91.6 Å². The van der Waals surface area contributed by atoms with Gasteiger partial charge in [-0.1, -0.05) is 29.5 Å². The molecule has 1 fully saturated rings. The van der Waals surface area contributed by atoms with Gasteiger partial charge in [-0.15, -0.1) is 0 Å². The van der Waals surface area contributed by atoms with Gasteiger partial charge in [-0.05, 0) is 42.7 Å². The number of non-ortho nitro benzene ring substituents is 1. The number of nitro benzene ring substituents is 1. The molecule has 2 aromatic carbocycles. The molecule has 1 aliphatic heterocycles. The first-order chi connectivity index (χ1) is 15.9. The number of nitro groups is 1. The molecule has 9 heteroatoms. The summed E-state index contributed by atoms with van der Waals surface area (Å²) in [6.45, 7) is 9.26. The van der Waals surface area contributed by atoms with Crippen LogP contribution in [0.15, 0.2) is 42.5 Å². The van der Waals surface area contributed by atoms with Crippen LogP contribution in [0, 0.1) is 24.0 Å². The van der Waals surface area contributed by atoms with E-state index in [9.17, 15) is 14.9 Å². The second kappa shape index (κ2) is 10.1. The van der Waals surface area contributed by atoms with Crippen molar-refractivity contribution < 1.29 is 9.72 Å². The number of aryl methyl sites for hydroxylation is 2. The van der Waals surface area contributed by atoms with E-state index >= 15 is 0 Å². The van der Waals surface area contributed by atoms with Crippen molar-refractivity contribution in [2.24, 2.45) is 0 Å². The number of benzene rings is 2. The second-order valence-electron chi connectivity index (χ2n) is 8.16. The van der Waals surface area contributed by atoms with E-state index in [0.717, 1.165) is 43.4 Å². The average Bonchev–Trinajstić information content (AvgIpc) is 3.26. The zero-order valence-corrected chi connectivity index (χ0v) is 19.6. The number of thiazole rings is 1. The van der Waals surface area contributed by atoms with Crippen molar-refractivity contribution in [3.05, 3.63) is 69.3 Å². The Morgan fingerprint density at radius 2 is 2.00 bits per heavy atom. The van der Waals surface area contributed by atoms with Crippen LogP contribution in [0.1, 0.15) is 16.7 Å². The number of carbonyl (C=O) groups is 1. The maximum atomic E-state index is 12.1. The molecule has 1 saturated heterocycles. The SMILES string of the molecule is Cc1ccc2sc(N3CCN(CCNC(=O)/C=C/c4cccc([N+](=O)[O-])c4)CC3)nc2c1C. The highest BCUT2D eigenvalue weighted by molar-refractivity contribution is 7.22. The monoisotopic (exact) mass is 465 g/mol. The third-order valence-corrected chi connectivity index (χ3v) is 7.03. The third kappa shape index (κ3) is 5.55. The highest BCUT2D eigenvalue weighted by atomic mass is 32.1. The first kappa shape index (κ1) is 22.9. The van der Waals surface area contributed by atoms with Gasteiger partial charge in [0.25, 0.3) is 5.69 Å². The number of amides is 1. The summed E-state index contributed by atoms with van der Waals surface area (Å²) in [6.07, 6.45) is 3.00. The number of rotatable bonds is 7. The van der Waals surface area contributed by atoms with Crippen LogP contribution in [-0.4, -0.2) is 60.0 Å². The first-order valence-electron chi connectivity index (χ1n) is 10.9. The summed E-state index contributed by atoms with van der Waals surface area (Å²) < 4.78 is 1.23. The average molecular weight is 466 g/mol. The van der Waals surface area contributed by atoms with Crippen molar-refractivity contribution in [3.8, 4) is 0 Å². The molecular formula is C24H27N5O3S. The molecule has 3 aromatic rings. The normalized spacial score (nSPS) is 14.8. The van der Waals surface area contributed by atoms with E-state index in [1.165, 1.54) is 34.0 Å². The highest BCUT2D eigenvalue weighted by Crippen LogP contribution is 2.32. The van der Waals surface area contributed by atoms with Gasteiger partial charge in [-0.2, -0.15) is 0 Å². The quantitative estimate of drug-likeness (QED) is 0.324. The molecule has 33 heavy (non-hydrogen) atoms.